The number of amides is 3. The lowest BCUT2D eigenvalue weighted by atomic mass is 9.75. The number of likely N-dealkylation sites (tertiary alicyclic amines) is 1. The molecule has 0 spiro atoms. The molecule has 3 rings (SSSR count). The summed E-state index contributed by atoms with van der Waals surface area (Å²) < 4.78 is 0. The number of piperidine rings is 1. The summed E-state index contributed by atoms with van der Waals surface area (Å²) in [4.78, 5) is 26.1. The number of nitrogens with zero attached hydrogens (tertiary/aromatic N) is 1. The van der Waals surface area contributed by atoms with E-state index in [2.05, 4.69) is 15.5 Å². The zero-order valence-corrected chi connectivity index (χ0v) is 13.5. The molecule has 1 saturated carbocycles. The van der Waals surface area contributed by atoms with Crippen molar-refractivity contribution in [2.45, 2.75) is 32.1 Å². The smallest absolute Gasteiger partial charge is 0.308 e. The minimum absolute atomic E-state index is 0.229. The quantitative estimate of drug-likeness (QED) is 0.901. The molecular weight excluding hydrogens is 290 g/mol. The van der Waals surface area contributed by atoms with E-state index in [1.807, 2.05) is 18.2 Å². The standard InChI is InChI=1S/C18H25N3O2/c22-17(20-18(23)19-16-8-2-1-3-9-16)13-21-11-10-14-6-4-5-7-15(14)12-21/h1-3,8-9,14-15H,4-7,10-13H2,(H2,19,20,22,23)/t14-,15+/m0/s1. The van der Waals surface area contributed by atoms with Gasteiger partial charge in [-0.1, -0.05) is 37.5 Å². The largest absolute Gasteiger partial charge is 0.325 e. The average Bonchev–Trinajstić information content (AvgIpc) is 2.55. The summed E-state index contributed by atoms with van der Waals surface area (Å²) in [6, 6.07) is 8.67. The number of rotatable bonds is 3. The van der Waals surface area contributed by atoms with Crippen LogP contribution in [-0.2, 0) is 4.79 Å². The molecule has 0 aromatic heterocycles. The molecule has 124 valence electrons. The van der Waals surface area contributed by atoms with Crippen LogP contribution in [0.15, 0.2) is 30.3 Å². The molecule has 1 aromatic carbocycles. The molecule has 1 aliphatic carbocycles. The normalized spacial score (nSPS) is 24.5. The third-order valence-electron chi connectivity index (χ3n) is 5.03. The van der Waals surface area contributed by atoms with Gasteiger partial charge in [-0.2, -0.15) is 0 Å². The fraction of sp³-hybridized carbons (Fsp3) is 0.556. The summed E-state index contributed by atoms with van der Waals surface area (Å²) in [5.74, 6) is 1.36. The fourth-order valence-electron chi connectivity index (χ4n) is 3.87. The van der Waals surface area contributed by atoms with Crippen LogP contribution in [0.2, 0.25) is 0 Å². The van der Waals surface area contributed by atoms with Crippen molar-refractivity contribution in [3.63, 3.8) is 0 Å². The molecule has 1 saturated heterocycles. The molecule has 0 bridgehead atoms. The number of imide groups is 1. The van der Waals surface area contributed by atoms with Crippen molar-refractivity contribution >= 4 is 17.6 Å². The van der Waals surface area contributed by atoms with Crippen LogP contribution >= 0.6 is 0 Å². The van der Waals surface area contributed by atoms with Crippen LogP contribution in [0.25, 0.3) is 0 Å². The third-order valence-corrected chi connectivity index (χ3v) is 5.03. The van der Waals surface area contributed by atoms with Crippen LogP contribution in [0.3, 0.4) is 0 Å². The highest BCUT2D eigenvalue weighted by molar-refractivity contribution is 6.01. The molecule has 3 amide bonds. The second-order valence-electron chi connectivity index (χ2n) is 6.70. The number of hydrogen-bond donors (Lipinski definition) is 2. The van der Waals surface area contributed by atoms with Gasteiger partial charge in [0, 0.05) is 12.2 Å². The predicted octanol–water partition coefficient (Wildman–Crippen LogP) is 2.85. The Morgan fingerprint density at radius 1 is 1.04 bits per heavy atom. The summed E-state index contributed by atoms with van der Waals surface area (Å²) in [5, 5.41) is 5.08. The van der Waals surface area contributed by atoms with Crippen molar-refractivity contribution in [2.24, 2.45) is 11.8 Å². The first-order chi connectivity index (χ1) is 11.2. The SMILES string of the molecule is O=C(CN1CC[C@@H]2CCCC[C@@H]2C1)NC(=O)Nc1ccccc1. The molecule has 23 heavy (non-hydrogen) atoms. The molecule has 1 aliphatic heterocycles. The van der Waals surface area contributed by atoms with Crippen LogP contribution in [-0.4, -0.2) is 36.5 Å². The van der Waals surface area contributed by atoms with Gasteiger partial charge >= 0.3 is 6.03 Å². The van der Waals surface area contributed by atoms with Gasteiger partial charge < -0.3 is 5.32 Å². The summed E-state index contributed by atoms with van der Waals surface area (Å²) in [6.07, 6.45) is 6.51. The van der Waals surface area contributed by atoms with Gasteiger partial charge in [0.25, 0.3) is 0 Å². The van der Waals surface area contributed by atoms with Crippen molar-refractivity contribution in [2.75, 3.05) is 25.0 Å². The Morgan fingerprint density at radius 2 is 1.78 bits per heavy atom. The summed E-state index contributed by atoms with van der Waals surface area (Å²) in [7, 11) is 0. The number of carbonyl (C=O) groups is 2. The highest BCUT2D eigenvalue weighted by atomic mass is 16.2. The Kier molecular flexibility index (Phi) is 5.28. The molecule has 2 aliphatic rings. The minimum Gasteiger partial charge on any atom is -0.308 e. The van der Waals surface area contributed by atoms with Crippen LogP contribution in [0.1, 0.15) is 32.1 Å². The van der Waals surface area contributed by atoms with Crippen molar-refractivity contribution < 1.29 is 9.59 Å². The molecule has 0 radical (unpaired) electrons. The number of urea groups is 1. The molecule has 2 atom stereocenters. The monoisotopic (exact) mass is 315 g/mol. The Morgan fingerprint density at radius 3 is 2.57 bits per heavy atom. The van der Waals surface area contributed by atoms with E-state index in [1.54, 1.807) is 12.1 Å². The van der Waals surface area contributed by atoms with Gasteiger partial charge in [-0.05, 0) is 43.4 Å². The van der Waals surface area contributed by atoms with E-state index in [9.17, 15) is 9.59 Å². The van der Waals surface area contributed by atoms with Crippen molar-refractivity contribution in [3.8, 4) is 0 Å². The summed E-state index contributed by atoms with van der Waals surface area (Å²) in [6.45, 7) is 2.28. The number of hydrogen-bond acceptors (Lipinski definition) is 3. The highest BCUT2D eigenvalue weighted by Gasteiger charge is 2.31. The van der Waals surface area contributed by atoms with Crippen molar-refractivity contribution in [1.82, 2.24) is 10.2 Å². The number of para-hydroxylation sites is 1. The first-order valence-electron chi connectivity index (χ1n) is 8.59. The van der Waals surface area contributed by atoms with Gasteiger partial charge in [-0.3, -0.25) is 15.0 Å². The van der Waals surface area contributed by atoms with E-state index in [4.69, 9.17) is 0 Å². The maximum Gasteiger partial charge on any atom is 0.325 e. The van der Waals surface area contributed by atoms with E-state index in [0.717, 1.165) is 24.9 Å². The average molecular weight is 315 g/mol. The maximum absolute atomic E-state index is 12.1. The number of nitrogens with one attached hydrogen (secondary N) is 2. The van der Waals surface area contributed by atoms with Gasteiger partial charge in [0.2, 0.25) is 5.91 Å². The first-order valence-corrected chi connectivity index (χ1v) is 8.59. The number of carbonyl (C=O) groups excluding carboxylic acids is 2. The lowest BCUT2D eigenvalue weighted by molar-refractivity contribution is -0.121. The molecule has 2 fully saturated rings. The Hall–Kier alpha value is -1.88. The van der Waals surface area contributed by atoms with Gasteiger partial charge in [0.1, 0.15) is 0 Å². The minimum atomic E-state index is -0.464. The zero-order valence-electron chi connectivity index (χ0n) is 13.5. The van der Waals surface area contributed by atoms with E-state index < -0.39 is 6.03 Å². The van der Waals surface area contributed by atoms with Crippen LogP contribution in [0, 0.1) is 11.8 Å². The van der Waals surface area contributed by atoms with Crippen LogP contribution in [0.5, 0.6) is 0 Å². The Bertz CT molecular complexity index is 546. The number of fused-ring (bicyclic) bond motifs is 1. The fourth-order valence-corrected chi connectivity index (χ4v) is 3.87. The van der Waals surface area contributed by atoms with Crippen LogP contribution in [0.4, 0.5) is 10.5 Å². The van der Waals surface area contributed by atoms with E-state index in [1.165, 1.54) is 32.1 Å². The number of benzene rings is 1. The van der Waals surface area contributed by atoms with E-state index in [-0.39, 0.29) is 5.91 Å². The Balaban J connectivity index is 1.43. The molecule has 0 unspecified atom stereocenters. The molecular formula is C18H25N3O2. The van der Waals surface area contributed by atoms with Gasteiger partial charge in [-0.15, -0.1) is 0 Å². The van der Waals surface area contributed by atoms with Crippen LogP contribution < -0.4 is 10.6 Å². The Labute approximate surface area is 137 Å². The van der Waals surface area contributed by atoms with Gasteiger partial charge in [-0.25, -0.2) is 4.79 Å². The first kappa shape index (κ1) is 16.0. The second-order valence-corrected chi connectivity index (χ2v) is 6.70. The molecule has 5 heteroatoms. The van der Waals surface area contributed by atoms with E-state index >= 15 is 0 Å². The molecule has 2 N–H and O–H groups in total. The number of anilines is 1. The van der Waals surface area contributed by atoms with E-state index in [0.29, 0.717) is 12.2 Å². The molecule has 5 nitrogen and oxygen atoms in total. The van der Waals surface area contributed by atoms with Crippen molar-refractivity contribution in [3.05, 3.63) is 30.3 Å². The summed E-state index contributed by atoms with van der Waals surface area (Å²) >= 11 is 0. The highest BCUT2D eigenvalue weighted by Crippen LogP contribution is 2.35. The predicted molar refractivity (Wildman–Crippen MR) is 90.1 cm³/mol. The van der Waals surface area contributed by atoms with Gasteiger partial charge in [0.15, 0.2) is 0 Å². The maximum atomic E-state index is 12.1. The third kappa shape index (κ3) is 4.55. The lowest BCUT2D eigenvalue weighted by Gasteiger charge is -2.41. The topological polar surface area (TPSA) is 61.4 Å². The lowest BCUT2D eigenvalue weighted by Crippen LogP contribution is -2.47. The molecule has 1 aromatic rings. The zero-order chi connectivity index (χ0) is 16.1. The second kappa shape index (κ2) is 7.59. The summed E-state index contributed by atoms with van der Waals surface area (Å²) in [5.41, 5.74) is 0.681. The molecule has 1 heterocycles. The van der Waals surface area contributed by atoms with Crippen molar-refractivity contribution in [1.29, 1.82) is 0 Å². The van der Waals surface area contributed by atoms with Gasteiger partial charge in [0.05, 0.1) is 6.54 Å².